The molecule has 3 rings (SSSR count). The summed E-state index contributed by atoms with van der Waals surface area (Å²) in [7, 11) is 0. The summed E-state index contributed by atoms with van der Waals surface area (Å²) in [6, 6.07) is 11.9. The van der Waals surface area contributed by atoms with Gasteiger partial charge in [0.05, 0.1) is 29.1 Å². The van der Waals surface area contributed by atoms with Crippen LogP contribution < -0.4 is 0 Å². The number of thioether (sulfide) groups is 1. The van der Waals surface area contributed by atoms with Crippen LogP contribution in [0.5, 0.6) is 0 Å². The smallest absolute Gasteiger partial charge is 0.167 e. The van der Waals surface area contributed by atoms with Crippen LogP contribution in [-0.2, 0) is 0 Å². The Balaban J connectivity index is 2.12. The maximum atomic E-state index is 8.65. The molecule has 2 aromatic heterocycles. The highest BCUT2D eigenvalue weighted by Crippen LogP contribution is 2.25. The van der Waals surface area contributed by atoms with E-state index in [0.717, 1.165) is 21.7 Å². The van der Waals surface area contributed by atoms with E-state index < -0.39 is 0 Å². The van der Waals surface area contributed by atoms with Gasteiger partial charge in [-0.3, -0.25) is 0 Å². The molecule has 5 nitrogen and oxygen atoms in total. The lowest BCUT2D eigenvalue weighted by Gasteiger charge is -2.02. The van der Waals surface area contributed by atoms with Crippen molar-refractivity contribution < 1.29 is 0 Å². The Morgan fingerprint density at radius 3 is 2.84 bits per heavy atom. The number of fused-ring (bicyclic) bond motifs is 1. The van der Waals surface area contributed by atoms with E-state index in [4.69, 9.17) is 5.26 Å². The summed E-state index contributed by atoms with van der Waals surface area (Å²) in [4.78, 5) is 8.48. The summed E-state index contributed by atoms with van der Waals surface area (Å²) in [5, 5.41) is 14.7. The molecule has 0 aliphatic heterocycles. The zero-order chi connectivity index (χ0) is 13.1. The second kappa shape index (κ2) is 5.08. The van der Waals surface area contributed by atoms with Crippen molar-refractivity contribution in [3.63, 3.8) is 0 Å². The average Bonchev–Trinajstić information content (AvgIpc) is 2.90. The highest BCUT2D eigenvalue weighted by atomic mass is 32.2. The normalized spacial score (nSPS) is 10.5. The van der Waals surface area contributed by atoms with E-state index in [2.05, 4.69) is 21.1 Å². The topological polar surface area (TPSA) is 67.4 Å². The molecule has 1 aromatic carbocycles. The summed E-state index contributed by atoms with van der Waals surface area (Å²) in [6.45, 7) is 0. The van der Waals surface area contributed by atoms with Crippen LogP contribution in [0, 0.1) is 11.3 Å². The van der Waals surface area contributed by atoms with Crippen molar-refractivity contribution in [1.82, 2.24) is 19.7 Å². The molecule has 0 aliphatic carbocycles. The van der Waals surface area contributed by atoms with E-state index in [1.165, 1.54) is 18.1 Å². The Labute approximate surface area is 113 Å². The first-order valence-corrected chi connectivity index (χ1v) is 6.62. The molecule has 0 bridgehead atoms. The molecule has 19 heavy (non-hydrogen) atoms. The number of aromatic nitrogens is 4. The lowest BCUT2D eigenvalue weighted by Crippen LogP contribution is -1.97. The third-order valence-electron chi connectivity index (χ3n) is 2.60. The molecule has 0 saturated heterocycles. The number of hydrogen-bond acceptors (Lipinski definition) is 5. The van der Waals surface area contributed by atoms with Crippen molar-refractivity contribution in [3.05, 3.63) is 42.9 Å². The van der Waals surface area contributed by atoms with Crippen LogP contribution in [0.2, 0.25) is 0 Å². The van der Waals surface area contributed by atoms with Crippen molar-refractivity contribution in [1.29, 1.82) is 5.26 Å². The molecule has 0 fully saturated rings. The largest absolute Gasteiger partial charge is 0.229 e. The lowest BCUT2D eigenvalue weighted by atomic mass is 10.3. The second-order valence-electron chi connectivity index (χ2n) is 3.75. The van der Waals surface area contributed by atoms with Crippen molar-refractivity contribution in [2.45, 2.75) is 5.03 Å². The number of hydrogen-bond donors (Lipinski definition) is 0. The van der Waals surface area contributed by atoms with Gasteiger partial charge in [-0.15, -0.1) is 0 Å². The van der Waals surface area contributed by atoms with Gasteiger partial charge < -0.3 is 0 Å². The summed E-state index contributed by atoms with van der Waals surface area (Å²) in [6.07, 6.45) is 3.24. The Morgan fingerprint density at radius 1 is 1.21 bits per heavy atom. The zero-order valence-corrected chi connectivity index (χ0v) is 10.7. The third kappa shape index (κ3) is 2.16. The molecule has 0 N–H and O–H groups in total. The van der Waals surface area contributed by atoms with Crippen LogP contribution >= 0.6 is 11.8 Å². The monoisotopic (exact) mass is 267 g/mol. The minimum absolute atomic E-state index is 0.364. The molecule has 6 heteroatoms. The molecular formula is C13H9N5S. The fourth-order valence-corrected chi connectivity index (χ4v) is 2.42. The van der Waals surface area contributed by atoms with E-state index in [9.17, 15) is 0 Å². The fourth-order valence-electron chi connectivity index (χ4n) is 1.80. The predicted octanol–water partition coefficient (Wildman–Crippen LogP) is 2.43. The van der Waals surface area contributed by atoms with E-state index in [1.54, 1.807) is 10.9 Å². The van der Waals surface area contributed by atoms with Gasteiger partial charge in [0, 0.05) is 0 Å². The molecule has 0 aliphatic rings. The Morgan fingerprint density at radius 2 is 2.05 bits per heavy atom. The van der Waals surface area contributed by atoms with E-state index in [-0.39, 0.29) is 0 Å². The molecule has 0 spiro atoms. The van der Waals surface area contributed by atoms with Crippen LogP contribution in [0.1, 0.15) is 0 Å². The lowest BCUT2D eigenvalue weighted by molar-refractivity contribution is 0.893. The molecular weight excluding hydrogens is 258 g/mol. The molecule has 2 heterocycles. The second-order valence-corrected chi connectivity index (χ2v) is 4.72. The third-order valence-corrected chi connectivity index (χ3v) is 3.48. The average molecular weight is 267 g/mol. The van der Waals surface area contributed by atoms with Crippen LogP contribution in [-0.4, -0.2) is 25.5 Å². The van der Waals surface area contributed by atoms with Crippen LogP contribution in [0.25, 0.3) is 16.7 Å². The van der Waals surface area contributed by atoms with E-state index in [1.807, 2.05) is 30.3 Å². The van der Waals surface area contributed by atoms with Gasteiger partial charge in [0.1, 0.15) is 11.4 Å². The molecule has 0 saturated carbocycles. The number of para-hydroxylation sites is 1. The molecule has 3 aromatic rings. The summed E-state index contributed by atoms with van der Waals surface area (Å²) < 4.78 is 1.77. The van der Waals surface area contributed by atoms with Crippen molar-refractivity contribution in [2.75, 3.05) is 5.75 Å². The van der Waals surface area contributed by atoms with Crippen molar-refractivity contribution in [3.8, 4) is 11.8 Å². The quantitative estimate of drug-likeness (QED) is 0.538. The first-order valence-electron chi connectivity index (χ1n) is 5.64. The molecule has 0 unspecified atom stereocenters. The summed E-state index contributed by atoms with van der Waals surface area (Å²) in [5.41, 5.74) is 1.70. The highest BCUT2D eigenvalue weighted by Gasteiger charge is 2.10. The zero-order valence-electron chi connectivity index (χ0n) is 9.89. The molecule has 0 radical (unpaired) electrons. The minimum Gasteiger partial charge on any atom is -0.229 e. The SMILES string of the molecule is N#CCSc1ncnc2c1cnn2-c1ccccc1. The standard InChI is InChI=1S/C13H9N5S/c14-6-7-19-13-11-8-17-18(12(11)15-9-16-13)10-4-2-1-3-5-10/h1-5,8-9H,7H2. The number of benzene rings is 1. The maximum Gasteiger partial charge on any atom is 0.167 e. The van der Waals surface area contributed by atoms with Gasteiger partial charge in [-0.05, 0) is 12.1 Å². The molecule has 0 atom stereocenters. The fraction of sp³-hybridized carbons (Fsp3) is 0.0769. The minimum atomic E-state index is 0.364. The van der Waals surface area contributed by atoms with Gasteiger partial charge in [-0.25, -0.2) is 14.6 Å². The van der Waals surface area contributed by atoms with Gasteiger partial charge >= 0.3 is 0 Å². The van der Waals surface area contributed by atoms with Gasteiger partial charge in [0.2, 0.25) is 0 Å². The molecule has 0 amide bonds. The summed E-state index contributed by atoms with van der Waals surface area (Å²) >= 11 is 1.39. The molecule has 92 valence electrons. The van der Waals surface area contributed by atoms with Crippen LogP contribution in [0.4, 0.5) is 0 Å². The Kier molecular flexibility index (Phi) is 3.12. The Hall–Kier alpha value is -2.39. The Bertz CT molecular complexity index is 745. The number of nitrogens with zero attached hydrogens (tertiary/aromatic N) is 5. The van der Waals surface area contributed by atoms with Gasteiger partial charge in [0.25, 0.3) is 0 Å². The van der Waals surface area contributed by atoms with Crippen molar-refractivity contribution >= 4 is 22.8 Å². The first kappa shape index (κ1) is 11.7. The van der Waals surface area contributed by atoms with Gasteiger partial charge in [-0.1, -0.05) is 30.0 Å². The van der Waals surface area contributed by atoms with E-state index >= 15 is 0 Å². The number of rotatable bonds is 3. The van der Waals surface area contributed by atoms with Gasteiger partial charge in [0.15, 0.2) is 5.65 Å². The first-order chi connectivity index (χ1) is 9.40. The highest BCUT2D eigenvalue weighted by molar-refractivity contribution is 7.99. The van der Waals surface area contributed by atoms with Crippen LogP contribution in [0.3, 0.4) is 0 Å². The summed E-state index contributed by atoms with van der Waals surface area (Å²) in [5.74, 6) is 0.364. The van der Waals surface area contributed by atoms with Crippen LogP contribution in [0.15, 0.2) is 47.9 Å². The van der Waals surface area contributed by atoms with Gasteiger partial charge in [-0.2, -0.15) is 10.4 Å². The predicted molar refractivity (Wildman–Crippen MR) is 73.0 cm³/mol. The van der Waals surface area contributed by atoms with Crippen molar-refractivity contribution in [2.24, 2.45) is 0 Å². The maximum absolute atomic E-state index is 8.65. The van der Waals surface area contributed by atoms with E-state index in [0.29, 0.717) is 5.75 Å². The number of nitriles is 1.